The molecule has 2 aromatic carbocycles. The number of primary amides is 1. The molecule has 4 N–H and O–H groups in total. The number of nitrogens with two attached hydrogens (primary N) is 1. The van der Waals surface area contributed by atoms with E-state index in [1.807, 2.05) is 71.5 Å². The van der Waals surface area contributed by atoms with Crippen LogP contribution in [0.15, 0.2) is 73.1 Å². The molecular weight excluding hydrogens is 354 g/mol. The molecule has 1 atom stereocenters. The second-order valence-corrected chi connectivity index (χ2v) is 6.43. The molecule has 1 heterocycles. The summed E-state index contributed by atoms with van der Waals surface area (Å²) in [6, 6.07) is 17.9. The Labute approximate surface area is 163 Å². The molecule has 0 radical (unpaired) electrons. The number of nitrogens with zero attached hydrogens (tertiary/aromatic N) is 2. The zero-order valence-corrected chi connectivity index (χ0v) is 15.4. The normalized spacial score (nSPS) is 11.6. The van der Waals surface area contributed by atoms with Gasteiger partial charge in [0.05, 0.1) is 19.0 Å². The minimum absolute atomic E-state index is 0.105. The van der Waals surface area contributed by atoms with Crippen LogP contribution in [0.2, 0.25) is 0 Å². The summed E-state index contributed by atoms with van der Waals surface area (Å²) in [7, 11) is 0. The first kappa shape index (κ1) is 19.2. The Morgan fingerprint density at radius 2 is 1.71 bits per heavy atom. The molecule has 0 unspecified atom stereocenters. The lowest BCUT2D eigenvalue weighted by Crippen LogP contribution is -2.36. The lowest BCUT2D eigenvalue weighted by Gasteiger charge is -2.18. The number of carbonyl (C=O) groups excluding carboxylic acids is 2. The molecule has 0 bridgehead atoms. The maximum absolute atomic E-state index is 12.5. The minimum atomic E-state index is -0.661. The Balaban J connectivity index is 1.62. The standard InChI is InChI=1S/C21H23N5O2/c22-21(28)25-19(16-7-2-1-3-8-16)13-20(27)23-14-17-9-4-5-10-18(17)15-26-12-6-11-24-26/h1-12,19H,13-15H2,(H,23,27)(H3,22,25,28)/t19-/m1/s1. The van der Waals surface area contributed by atoms with Crippen molar-refractivity contribution in [1.82, 2.24) is 20.4 Å². The summed E-state index contributed by atoms with van der Waals surface area (Å²) in [4.78, 5) is 23.8. The third kappa shape index (κ3) is 5.44. The van der Waals surface area contributed by atoms with E-state index >= 15 is 0 Å². The number of rotatable bonds is 8. The number of urea groups is 1. The fraction of sp³-hybridized carbons (Fsp3) is 0.190. The molecule has 0 saturated heterocycles. The van der Waals surface area contributed by atoms with Crippen molar-refractivity contribution in [2.75, 3.05) is 0 Å². The SMILES string of the molecule is NC(=O)N[C@H](CC(=O)NCc1ccccc1Cn1cccn1)c1ccccc1. The minimum Gasteiger partial charge on any atom is -0.352 e. The summed E-state index contributed by atoms with van der Waals surface area (Å²) in [5, 5.41) is 9.79. The van der Waals surface area contributed by atoms with Crippen molar-refractivity contribution in [3.63, 3.8) is 0 Å². The Hall–Kier alpha value is -3.61. The largest absolute Gasteiger partial charge is 0.352 e. The highest BCUT2D eigenvalue weighted by atomic mass is 16.2. The van der Waals surface area contributed by atoms with Gasteiger partial charge >= 0.3 is 6.03 Å². The van der Waals surface area contributed by atoms with E-state index in [4.69, 9.17) is 5.73 Å². The Morgan fingerprint density at radius 1 is 1.00 bits per heavy atom. The zero-order chi connectivity index (χ0) is 19.8. The number of nitrogens with one attached hydrogen (secondary N) is 2. The van der Waals surface area contributed by atoms with Crippen LogP contribution in [0.1, 0.15) is 29.2 Å². The van der Waals surface area contributed by atoms with Gasteiger partial charge in [0.15, 0.2) is 0 Å². The third-order valence-electron chi connectivity index (χ3n) is 4.39. The molecule has 0 spiro atoms. The number of hydrogen-bond donors (Lipinski definition) is 3. The van der Waals surface area contributed by atoms with Crippen molar-refractivity contribution >= 4 is 11.9 Å². The molecule has 3 aromatic rings. The molecule has 0 aliphatic rings. The molecule has 0 saturated carbocycles. The fourth-order valence-electron chi connectivity index (χ4n) is 3.01. The van der Waals surface area contributed by atoms with E-state index in [-0.39, 0.29) is 12.3 Å². The van der Waals surface area contributed by atoms with Crippen molar-refractivity contribution in [1.29, 1.82) is 0 Å². The highest BCUT2D eigenvalue weighted by Gasteiger charge is 2.17. The Morgan fingerprint density at radius 3 is 2.39 bits per heavy atom. The summed E-state index contributed by atoms with van der Waals surface area (Å²) in [6.07, 6.45) is 3.74. The third-order valence-corrected chi connectivity index (χ3v) is 4.39. The lowest BCUT2D eigenvalue weighted by molar-refractivity contribution is -0.121. The van der Waals surface area contributed by atoms with Crippen LogP contribution in [-0.4, -0.2) is 21.7 Å². The van der Waals surface area contributed by atoms with Gasteiger partial charge in [-0.2, -0.15) is 5.10 Å². The van der Waals surface area contributed by atoms with Gasteiger partial charge in [-0.15, -0.1) is 0 Å². The van der Waals surface area contributed by atoms with Crippen LogP contribution in [0.25, 0.3) is 0 Å². The van der Waals surface area contributed by atoms with E-state index < -0.39 is 12.1 Å². The number of amides is 3. The molecule has 3 amide bonds. The van der Waals surface area contributed by atoms with E-state index in [1.54, 1.807) is 6.20 Å². The Bertz CT molecular complexity index is 910. The first-order valence-electron chi connectivity index (χ1n) is 9.03. The predicted molar refractivity (Wildman–Crippen MR) is 106 cm³/mol. The van der Waals surface area contributed by atoms with Crippen LogP contribution in [-0.2, 0) is 17.9 Å². The molecule has 0 aliphatic heterocycles. The van der Waals surface area contributed by atoms with E-state index in [2.05, 4.69) is 15.7 Å². The van der Waals surface area contributed by atoms with E-state index in [9.17, 15) is 9.59 Å². The monoisotopic (exact) mass is 377 g/mol. The average Bonchev–Trinajstić information content (AvgIpc) is 3.20. The highest BCUT2D eigenvalue weighted by Crippen LogP contribution is 2.17. The molecule has 1 aromatic heterocycles. The topological polar surface area (TPSA) is 102 Å². The first-order valence-corrected chi connectivity index (χ1v) is 9.03. The maximum atomic E-state index is 12.5. The summed E-state index contributed by atoms with van der Waals surface area (Å²) in [5.41, 5.74) is 8.20. The molecule has 144 valence electrons. The van der Waals surface area contributed by atoms with Crippen LogP contribution in [0, 0.1) is 0 Å². The van der Waals surface area contributed by atoms with Gasteiger partial charge < -0.3 is 16.4 Å². The predicted octanol–water partition coefficient (Wildman–Crippen LogP) is 2.35. The van der Waals surface area contributed by atoms with Crippen LogP contribution < -0.4 is 16.4 Å². The molecular formula is C21H23N5O2. The highest BCUT2D eigenvalue weighted by molar-refractivity contribution is 5.78. The summed E-state index contributed by atoms with van der Waals surface area (Å²) in [6.45, 7) is 1.03. The summed E-state index contributed by atoms with van der Waals surface area (Å²) in [5.74, 6) is -0.170. The van der Waals surface area contributed by atoms with Gasteiger partial charge in [0.25, 0.3) is 0 Å². The van der Waals surface area contributed by atoms with Gasteiger partial charge in [-0.05, 0) is 22.8 Å². The quantitative estimate of drug-likeness (QED) is 0.561. The Kier molecular flexibility index (Phi) is 6.41. The van der Waals surface area contributed by atoms with Crippen LogP contribution in [0.4, 0.5) is 4.79 Å². The molecule has 3 rings (SSSR count). The second kappa shape index (κ2) is 9.36. The van der Waals surface area contributed by atoms with Gasteiger partial charge in [0.2, 0.25) is 5.91 Å². The van der Waals surface area contributed by atoms with Crippen molar-refractivity contribution < 1.29 is 9.59 Å². The van der Waals surface area contributed by atoms with Crippen molar-refractivity contribution in [3.05, 3.63) is 89.7 Å². The van der Waals surface area contributed by atoms with Crippen molar-refractivity contribution in [2.45, 2.75) is 25.6 Å². The zero-order valence-electron chi connectivity index (χ0n) is 15.4. The van der Waals surface area contributed by atoms with Gasteiger partial charge in [-0.25, -0.2) is 4.79 Å². The lowest BCUT2D eigenvalue weighted by atomic mass is 10.0. The fourth-order valence-corrected chi connectivity index (χ4v) is 3.01. The summed E-state index contributed by atoms with van der Waals surface area (Å²) < 4.78 is 1.84. The van der Waals surface area contributed by atoms with Gasteiger partial charge in [-0.1, -0.05) is 54.6 Å². The molecule has 7 nitrogen and oxygen atoms in total. The van der Waals surface area contributed by atoms with Crippen LogP contribution >= 0.6 is 0 Å². The van der Waals surface area contributed by atoms with E-state index in [1.165, 1.54) is 0 Å². The van der Waals surface area contributed by atoms with Gasteiger partial charge in [0.1, 0.15) is 0 Å². The maximum Gasteiger partial charge on any atom is 0.312 e. The van der Waals surface area contributed by atoms with E-state index in [0.29, 0.717) is 13.1 Å². The van der Waals surface area contributed by atoms with Gasteiger partial charge in [0, 0.05) is 18.9 Å². The second-order valence-electron chi connectivity index (χ2n) is 6.43. The molecule has 7 heteroatoms. The average molecular weight is 377 g/mol. The molecule has 28 heavy (non-hydrogen) atoms. The number of carbonyl (C=O) groups is 2. The number of hydrogen-bond acceptors (Lipinski definition) is 3. The smallest absolute Gasteiger partial charge is 0.312 e. The molecule has 0 fully saturated rings. The van der Waals surface area contributed by atoms with Crippen LogP contribution in [0.5, 0.6) is 0 Å². The molecule has 0 aliphatic carbocycles. The van der Waals surface area contributed by atoms with E-state index in [0.717, 1.165) is 16.7 Å². The van der Waals surface area contributed by atoms with Gasteiger partial charge in [-0.3, -0.25) is 9.48 Å². The summed E-state index contributed by atoms with van der Waals surface area (Å²) >= 11 is 0. The van der Waals surface area contributed by atoms with Crippen molar-refractivity contribution in [2.24, 2.45) is 5.73 Å². The van der Waals surface area contributed by atoms with Crippen molar-refractivity contribution in [3.8, 4) is 0 Å². The van der Waals surface area contributed by atoms with Crippen LogP contribution in [0.3, 0.4) is 0 Å². The first-order chi connectivity index (χ1) is 13.6. The number of aromatic nitrogens is 2. The number of benzene rings is 2.